The van der Waals surface area contributed by atoms with E-state index in [1.165, 1.54) is 0 Å². The van der Waals surface area contributed by atoms with Crippen molar-refractivity contribution < 1.29 is 4.74 Å². The van der Waals surface area contributed by atoms with Gasteiger partial charge < -0.3 is 10.1 Å². The number of benzene rings is 2. The SMILES string of the molecule is CCn1c(=O)c2ccccc2n2c(CNc3cc(C)c(Cl)cc3OC)nnc12. The van der Waals surface area contributed by atoms with Crippen molar-refractivity contribution in [2.75, 3.05) is 12.4 Å². The normalized spacial score (nSPS) is 11.3. The molecule has 0 aliphatic rings. The highest BCUT2D eigenvalue weighted by Crippen LogP contribution is 2.31. The van der Waals surface area contributed by atoms with Crippen molar-refractivity contribution in [3.05, 3.63) is 63.2 Å². The van der Waals surface area contributed by atoms with Crippen molar-refractivity contribution in [2.24, 2.45) is 0 Å². The summed E-state index contributed by atoms with van der Waals surface area (Å²) >= 11 is 6.19. The van der Waals surface area contributed by atoms with E-state index in [0.29, 0.717) is 40.8 Å². The molecule has 0 radical (unpaired) electrons. The Morgan fingerprint density at radius 3 is 2.75 bits per heavy atom. The van der Waals surface area contributed by atoms with Crippen LogP contribution in [0.25, 0.3) is 16.7 Å². The molecule has 0 fully saturated rings. The molecule has 1 N–H and O–H groups in total. The van der Waals surface area contributed by atoms with Crippen LogP contribution in [0, 0.1) is 6.92 Å². The molecule has 2 aromatic carbocycles. The minimum Gasteiger partial charge on any atom is -0.495 e. The van der Waals surface area contributed by atoms with Gasteiger partial charge in [0.1, 0.15) is 5.75 Å². The number of nitrogens with one attached hydrogen (secondary N) is 1. The van der Waals surface area contributed by atoms with Crippen molar-refractivity contribution in [3.8, 4) is 5.75 Å². The fraction of sp³-hybridized carbons (Fsp3) is 0.250. The molecular formula is C20H20ClN5O2. The Morgan fingerprint density at radius 1 is 1.21 bits per heavy atom. The Kier molecular flexibility index (Phi) is 4.68. The summed E-state index contributed by atoms with van der Waals surface area (Å²) < 4.78 is 8.98. The summed E-state index contributed by atoms with van der Waals surface area (Å²) in [5.41, 5.74) is 2.48. The van der Waals surface area contributed by atoms with Crippen molar-refractivity contribution in [1.82, 2.24) is 19.2 Å². The lowest BCUT2D eigenvalue weighted by molar-refractivity contribution is 0.416. The molecule has 7 nitrogen and oxygen atoms in total. The van der Waals surface area contributed by atoms with E-state index in [1.807, 2.05) is 48.6 Å². The second kappa shape index (κ2) is 7.16. The number of fused-ring (bicyclic) bond motifs is 3. The van der Waals surface area contributed by atoms with Crippen LogP contribution in [0.5, 0.6) is 5.75 Å². The minimum absolute atomic E-state index is 0.0625. The summed E-state index contributed by atoms with van der Waals surface area (Å²) in [6, 6.07) is 11.2. The molecule has 2 aromatic heterocycles. The van der Waals surface area contributed by atoms with E-state index in [2.05, 4.69) is 15.5 Å². The second-order valence-electron chi connectivity index (χ2n) is 6.47. The van der Waals surface area contributed by atoms with Gasteiger partial charge in [0.15, 0.2) is 5.82 Å². The summed E-state index contributed by atoms with van der Waals surface area (Å²) in [6.07, 6.45) is 0. The molecule has 4 aromatic rings. The summed E-state index contributed by atoms with van der Waals surface area (Å²) in [5, 5.41) is 13.2. The predicted octanol–water partition coefficient (Wildman–Crippen LogP) is 3.65. The largest absolute Gasteiger partial charge is 0.495 e. The Balaban J connectivity index is 1.82. The van der Waals surface area contributed by atoms with Gasteiger partial charge in [-0.1, -0.05) is 23.7 Å². The number of hydrogen-bond acceptors (Lipinski definition) is 5. The van der Waals surface area contributed by atoms with Gasteiger partial charge in [0.05, 0.1) is 30.2 Å². The fourth-order valence-electron chi connectivity index (χ4n) is 3.36. The number of rotatable bonds is 5. The van der Waals surface area contributed by atoms with Gasteiger partial charge in [-0.25, -0.2) is 0 Å². The zero-order chi connectivity index (χ0) is 19.8. The highest BCUT2D eigenvalue weighted by Gasteiger charge is 2.16. The van der Waals surface area contributed by atoms with Gasteiger partial charge >= 0.3 is 0 Å². The van der Waals surface area contributed by atoms with Crippen molar-refractivity contribution >= 4 is 34.0 Å². The third kappa shape index (κ3) is 2.88. The van der Waals surface area contributed by atoms with Crippen LogP contribution in [0.4, 0.5) is 5.69 Å². The Labute approximate surface area is 166 Å². The van der Waals surface area contributed by atoms with Gasteiger partial charge in [-0.2, -0.15) is 0 Å². The zero-order valence-corrected chi connectivity index (χ0v) is 16.6. The topological polar surface area (TPSA) is 73.5 Å². The van der Waals surface area contributed by atoms with E-state index in [9.17, 15) is 4.79 Å². The number of halogens is 1. The second-order valence-corrected chi connectivity index (χ2v) is 6.88. The molecule has 0 amide bonds. The lowest BCUT2D eigenvalue weighted by Crippen LogP contribution is -2.23. The molecule has 144 valence electrons. The van der Waals surface area contributed by atoms with Gasteiger partial charge in [0, 0.05) is 17.6 Å². The molecule has 28 heavy (non-hydrogen) atoms. The third-order valence-electron chi connectivity index (χ3n) is 4.81. The van der Waals surface area contributed by atoms with Crippen LogP contribution in [0.2, 0.25) is 5.02 Å². The highest BCUT2D eigenvalue weighted by atomic mass is 35.5. The van der Waals surface area contributed by atoms with E-state index in [0.717, 1.165) is 16.8 Å². The lowest BCUT2D eigenvalue weighted by Gasteiger charge is -2.13. The van der Waals surface area contributed by atoms with Gasteiger partial charge in [0.25, 0.3) is 5.56 Å². The number of methoxy groups -OCH3 is 1. The van der Waals surface area contributed by atoms with Crippen LogP contribution in [-0.2, 0) is 13.1 Å². The monoisotopic (exact) mass is 397 g/mol. The van der Waals surface area contributed by atoms with E-state index in [-0.39, 0.29) is 5.56 Å². The van der Waals surface area contributed by atoms with E-state index >= 15 is 0 Å². The molecule has 2 heterocycles. The van der Waals surface area contributed by atoms with Gasteiger partial charge in [-0.15, -0.1) is 10.2 Å². The summed E-state index contributed by atoms with van der Waals surface area (Å²) in [6.45, 7) is 4.78. The number of aryl methyl sites for hydroxylation is 2. The molecule has 0 aliphatic heterocycles. The van der Waals surface area contributed by atoms with Crippen molar-refractivity contribution in [3.63, 3.8) is 0 Å². The fourth-order valence-corrected chi connectivity index (χ4v) is 3.51. The summed E-state index contributed by atoms with van der Waals surface area (Å²) in [5.74, 6) is 1.88. The van der Waals surface area contributed by atoms with Crippen LogP contribution < -0.4 is 15.6 Å². The highest BCUT2D eigenvalue weighted by molar-refractivity contribution is 6.31. The van der Waals surface area contributed by atoms with Crippen molar-refractivity contribution in [2.45, 2.75) is 26.9 Å². The first-order valence-corrected chi connectivity index (χ1v) is 9.36. The quantitative estimate of drug-likeness (QED) is 0.556. The third-order valence-corrected chi connectivity index (χ3v) is 5.22. The van der Waals surface area contributed by atoms with Crippen LogP contribution in [-0.4, -0.2) is 26.3 Å². The lowest BCUT2D eigenvalue weighted by atomic mass is 10.2. The summed E-state index contributed by atoms with van der Waals surface area (Å²) in [7, 11) is 1.60. The van der Waals surface area contributed by atoms with Crippen LogP contribution in [0.3, 0.4) is 0 Å². The Bertz CT molecular complexity index is 1250. The van der Waals surface area contributed by atoms with E-state index in [4.69, 9.17) is 16.3 Å². The Morgan fingerprint density at radius 2 is 2.00 bits per heavy atom. The molecular weight excluding hydrogens is 378 g/mol. The van der Waals surface area contributed by atoms with Crippen molar-refractivity contribution in [1.29, 1.82) is 0 Å². The average Bonchev–Trinajstić information content (AvgIpc) is 3.13. The maximum Gasteiger partial charge on any atom is 0.262 e. The molecule has 0 saturated carbocycles. The zero-order valence-electron chi connectivity index (χ0n) is 15.9. The number of nitrogens with zero attached hydrogens (tertiary/aromatic N) is 4. The number of ether oxygens (including phenoxy) is 1. The number of aromatic nitrogens is 4. The molecule has 4 rings (SSSR count). The van der Waals surface area contributed by atoms with E-state index in [1.54, 1.807) is 17.7 Å². The first-order chi connectivity index (χ1) is 13.5. The standard InChI is InChI=1S/C20H20ClN5O2/c1-4-25-19(27)13-7-5-6-8-16(13)26-18(23-24-20(25)26)11-22-15-9-12(2)14(21)10-17(15)28-3/h5-10,22H,4,11H2,1-3H3. The summed E-state index contributed by atoms with van der Waals surface area (Å²) in [4.78, 5) is 12.8. The Hall–Kier alpha value is -3.06. The maximum absolute atomic E-state index is 12.8. The molecule has 0 aliphatic carbocycles. The van der Waals surface area contributed by atoms with E-state index < -0.39 is 0 Å². The van der Waals surface area contributed by atoms with Gasteiger partial charge in [0.2, 0.25) is 5.78 Å². The number of para-hydroxylation sites is 1. The molecule has 8 heteroatoms. The number of hydrogen-bond donors (Lipinski definition) is 1. The molecule has 0 saturated heterocycles. The van der Waals surface area contributed by atoms with Crippen LogP contribution >= 0.6 is 11.6 Å². The van der Waals surface area contributed by atoms with Gasteiger partial charge in [-0.05, 0) is 37.6 Å². The molecule has 0 bridgehead atoms. The molecule has 0 unspecified atom stereocenters. The molecule has 0 spiro atoms. The first-order valence-electron chi connectivity index (χ1n) is 8.98. The number of anilines is 1. The average molecular weight is 398 g/mol. The predicted molar refractivity (Wildman–Crippen MR) is 110 cm³/mol. The van der Waals surface area contributed by atoms with Crippen LogP contribution in [0.1, 0.15) is 18.3 Å². The molecule has 0 atom stereocenters. The maximum atomic E-state index is 12.8. The van der Waals surface area contributed by atoms with Gasteiger partial charge in [-0.3, -0.25) is 13.8 Å². The minimum atomic E-state index is -0.0625. The van der Waals surface area contributed by atoms with Crippen LogP contribution in [0.15, 0.2) is 41.2 Å². The first kappa shape index (κ1) is 18.3. The smallest absolute Gasteiger partial charge is 0.262 e.